The van der Waals surface area contributed by atoms with Crippen molar-refractivity contribution in [2.24, 2.45) is 7.05 Å². The minimum Gasteiger partial charge on any atom is -0.374 e. The van der Waals surface area contributed by atoms with Crippen LogP contribution in [-0.4, -0.2) is 40.7 Å². The maximum Gasteiger partial charge on any atom is 0.256 e. The van der Waals surface area contributed by atoms with Gasteiger partial charge in [0.1, 0.15) is 0 Å². The zero-order valence-electron chi connectivity index (χ0n) is 13.0. The van der Waals surface area contributed by atoms with Crippen LogP contribution in [-0.2, 0) is 11.8 Å². The Balaban J connectivity index is 1.70. The molecule has 2 aromatic rings. The Morgan fingerprint density at radius 1 is 1.23 bits per heavy atom. The van der Waals surface area contributed by atoms with E-state index in [0.717, 1.165) is 29.3 Å². The number of rotatable bonds is 1. The van der Waals surface area contributed by atoms with Gasteiger partial charge in [0.25, 0.3) is 5.91 Å². The highest BCUT2D eigenvalue weighted by Gasteiger charge is 2.37. The van der Waals surface area contributed by atoms with Gasteiger partial charge in [0, 0.05) is 30.7 Å². The Morgan fingerprint density at radius 2 is 2.05 bits per heavy atom. The summed E-state index contributed by atoms with van der Waals surface area (Å²) in [5.74, 6) is 0.164. The molecule has 0 bridgehead atoms. The number of hydrogen-bond acceptors (Lipinski definition) is 2. The van der Waals surface area contributed by atoms with Gasteiger partial charge in [0.05, 0.1) is 24.3 Å². The van der Waals surface area contributed by atoms with Gasteiger partial charge in [-0.05, 0) is 18.9 Å². The Kier molecular flexibility index (Phi) is 3.41. The first-order chi connectivity index (χ1) is 10.8. The van der Waals surface area contributed by atoms with Gasteiger partial charge in [-0.25, -0.2) is 0 Å². The zero-order valence-corrected chi connectivity index (χ0v) is 13.0. The second kappa shape index (κ2) is 5.43. The van der Waals surface area contributed by atoms with Gasteiger partial charge in [-0.2, -0.15) is 0 Å². The van der Waals surface area contributed by atoms with Crippen molar-refractivity contribution in [2.45, 2.75) is 37.8 Å². The fraction of sp³-hybridized carbons (Fsp3) is 0.500. The first-order valence-corrected chi connectivity index (χ1v) is 8.22. The number of benzene rings is 1. The summed E-state index contributed by atoms with van der Waals surface area (Å²) in [5, 5.41) is 1.05. The van der Waals surface area contributed by atoms with Gasteiger partial charge in [-0.1, -0.05) is 31.0 Å². The highest BCUT2D eigenvalue weighted by Crippen LogP contribution is 2.31. The first kappa shape index (κ1) is 13.8. The molecular formula is C18H22N2O2. The maximum absolute atomic E-state index is 13.1. The van der Waals surface area contributed by atoms with Crippen LogP contribution in [0, 0.1) is 0 Å². The molecule has 4 nitrogen and oxygen atoms in total. The Morgan fingerprint density at radius 3 is 2.95 bits per heavy atom. The summed E-state index contributed by atoms with van der Waals surface area (Å²) in [6, 6.07) is 8.38. The third-order valence-corrected chi connectivity index (χ3v) is 5.12. The van der Waals surface area contributed by atoms with E-state index in [1.165, 1.54) is 12.8 Å². The van der Waals surface area contributed by atoms with Gasteiger partial charge in [0.2, 0.25) is 0 Å². The number of aryl methyl sites for hydroxylation is 1. The van der Waals surface area contributed by atoms with Crippen molar-refractivity contribution in [3.05, 3.63) is 36.0 Å². The summed E-state index contributed by atoms with van der Waals surface area (Å²) in [4.78, 5) is 15.2. The number of hydrogen-bond donors (Lipinski definition) is 0. The average molecular weight is 298 g/mol. The molecule has 4 rings (SSSR count). The molecule has 1 saturated carbocycles. The summed E-state index contributed by atoms with van der Waals surface area (Å²) in [5.41, 5.74) is 1.93. The van der Waals surface area contributed by atoms with Gasteiger partial charge in [0.15, 0.2) is 0 Å². The van der Waals surface area contributed by atoms with Gasteiger partial charge >= 0.3 is 0 Å². The van der Waals surface area contributed by atoms with E-state index >= 15 is 0 Å². The fourth-order valence-corrected chi connectivity index (χ4v) is 4.02. The molecular weight excluding hydrogens is 276 g/mol. The molecule has 4 heteroatoms. The van der Waals surface area contributed by atoms with E-state index in [1.807, 2.05) is 36.0 Å². The predicted molar refractivity (Wildman–Crippen MR) is 86.0 cm³/mol. The highest BCUT2D eigenvalue weighted by molar-refractivity contribution is 6.07. The molecule has 1 aliphatic carbocycles. The zero-order chi connectivity index (χ0) is 15.1. The van der Waals surface area contributed by atoms with Crippen molar-refractivity contribution in [2.75, 3.05) is 13.2 Å². The van der Waals surface area contributed by atoms with Crippen LogP contribution < -0.4 is 0 Å². The summed E-state index contributed by atoms with van der Waals surface area (Å²) >= 11 is 0. The van der Waals surface area contributed by atoms with Crippen LogP contribution in [0.1, 0.15) is 36.0 Å². The Hall–Kier alpha value is -1.81. The second-order valence-electron chi connectivity index (χ2n) is 6.43. The van der Waals surface area contributed by atoms with Crippen molar-refractivity contribution in [1.82, 2.24) is 9.47 Å². The molecule has 2 aliphatic rings. The lowest BCUT2D eigenvalue weighted by atomic mass is 9.89. The molecule has 1 aromatic carbocycles. The largest absolute Gasteiger partial charge is 0.374 e. The van der Waals surface area contributed by atoms with Crippen LogP contribution in [0.4, 0.5) is 0 Å². The van der Waals surface area contributed by atoms with Crippen molar-refractivity contribution in [1.29, 1.82) is 0 Å². The van der Waals surface area contributed by atoms with Crippen LogP contribution in [0.15, 0.2) is 30.5 Å². The van der Waals surface area contributed by atoms with Crippen molar-refractivity contribution in [3.8, 4) is 0 Å². The summed E-state index contributed by atoms with van der Waals surface area (Å²) < 4.78 is 7.93. The number of carbonyl (C=O) groups is 1. The topological polar surface area (TPSA) is 34.5 Å². The van der Waals surface area contributed by atoms with E-state index < -0.39 is 0 Å². The third kappa shape index (κ3) is 2.13. The fourth-order valence-electron chi connectivity index (χ4n) is 4.02. The molecule has 0 unspecified atom stereocenters. The van der Waals surface area contributed by atoms with Gasteiger partial charge in [-0.3, -0.25) is 4.79 Å². The monoisotopic (exact) mass is 298 g/mol. The number of morpholine rings is 1. The minimum atomic E-state index is 0.164. The molecule has 1 aliphatic heterocycles. The number of carbonyl (C=O) groups excluding carboxylic acids is 1. The standard InChI is InChI=1S/C18H22N2O2/c1-19-12-14(13-6-2-3-7-15(13)19)18(21)20-10-11-22-17-9-5-4-8-16(17)20/h2-3,6-7,12,16-17H,4-5,8-11H2,1H3/t16-,17+/m0/s1. The van der Waals surface area contributed by atoms with Crippen LogP contribution in [0.3, 0.4) is 0 Å². The van der Waals surface area contributed by atoms with E-state index in [4.69, 9.17) is 4.74 Å². The lowest BCUT2D eigenvalue weighted by molar-refractivity contribution is -0.0752. The Labute approximate surface area is 130 Å². The molecule has 0 N–H and O–H groups in total. The molecule has 0 radical (unpaired) electrons. The number of nitrogens with zero attached hydrogens (tertiary/aromatic N) is 2. The summed E-state index contributed by atoms with van der Waals surface area (Å²) in [6.45, 7) is 1.38. The normalized spacial score (nSPS) is 25.2. The lowest BCUT2D eigenvalue weighted by Gasteiger charge is -2.43. The molecule has 0 spiro atoms. The molecule has 116 valence electrons. The van der Waals surface area contributed by atoms with Gasteiger partial charge in [-0.15, -0.1) is 0 Å². The number of amides is 1. The van der Waals surface area contributed by atoms with Crippen LogP contribution in [0.25, 0.3) is 10.9 Å². The average Bonchev–Trinajstić information content (AvgIpc) is 2.91. The van der Waals surface area contributed by atoms with Crippen molar-refractivity contribution < 1.29 is 9.53 Å². The van der Waals surface area contributed by atoms with Crippen molar-refractivity contribution in [3.63, 3.8) is 0 Å². The highest BCUT2D eigenvalue weighted by atomic mass is 16.5. The number of fused-ring (bicyclic) bond motifs is 2. The number of para-hydroxylation sites is 1. The summed E-state index contributed by atoms with van der Waals surface area (Å²) in [7, 11) is 2.00. The molecule has 1 aromatic heterocycles. The van der Waals surface area contributed by atoms with E-state index in [1.54, 1.807) is 0 Å². The maximum atomic E-state index is 13.1. The first-order valence-electron chi connectivity index (χ1n) is 8.22. The van der Waals surface area contributed by atoms with E-state index in [9.17, 15) is 4.79 Å². The smallest absolute Gasteiger partial charge is 0.256 e. The van der Waals surface area contributed by atoms with Crippen LogP contribution in [0.2, 0.25) is 0 Å². The molecule has 1 amide bonds. The molecule has 2 atom stereocenters. The molecule has 22 heavy (non-hydrogen) atoms. The van der Waals surface area contributed by atoms with E-state index in [-0.39, 0.29) is 18.1 Å². The lowest BCUT2D eigenvalue weighted by Crippen LogP contribution is -2.54. The summed E-state index contributed by atoms with van der Waals surface area (Å²) in [6.07, 6.45) is 6.79. The van der Waals surface area contributed by atoms with Crippen LogP contribution in [0.5, 0.6) is 0 Å². The van der Waals surface area contributed by atoms with E-state index in [2.05, 4.69) is 11.0 Å². The number of aromatic nitrogens is 1. The predicted octanol–water partition coefficient (Wildman–Crippen LogP) is 2.96. The second-order valence-corrected chi connectivity index (χ2v) is 6.43. The number of ether oxygens (including phenoxy) is 1. The SMILES string of the molecule is Cn1cc(C(=O)N2CCO[C@@H]3CCCC[C@@H]32)c2ccccc21. The van der Waals surface area contributed by atoms with Gasteiger partial charge < -0.3 is 14.2 Å². The minimum absolute atomic E-state index is 0.164. The van der Waals surface area contributed by atoms with Crippen LogP contribution >= 0.6 is 0 Å². The van der Waals surface area contributed by atoms with Crippen molar-refractivity contribution >= 4 is 16.8 Å². The molecule has 1 saturated heterocycles. The molecule has 2 heterocycles. The molecule has 2 fully saturated rings. The Bertz CT molecular complexity index is 704. The quantitative estimate of drug-likeness (QED) is 0.811. The third-order valence-electron chi connectivity index (χ3n) is 5.12. The van der Waals surface area contributed by atoms with E-state index in [0.29, 0.717) is 13.2 Å².